The quantitative estimate of drug-likeness (QED) is 0.547. The summed E-state index contributed by atoms with van der Waals surface area (Å²) in [5.41, 5.74) is 4.64. The van der Waals surface area contributed by atoms with Crippen LogP contribution in [0.2, 0.25) is 0 Å². The molecule has 26 heavy (non-hydrogen) atoms. The second-order valence-electron chi connectivity index (χ2n) is 6.04. The van der Waals surface area contributed by atoms with Crippen LogP contribution in [-0.4, -0.2) is 19.7 Å². The van der Waals surface area contributed by atoms with Gasteiger partial charge in [-0.3, -0.25) is 14.6 Å². The number of hydrogen-bond acceptors (Lipinski definition) is 3. The molecule has 0 spiro atoms. The summed E-state index contributed by atoms with van der Waals surface area (Å²) in [5.74, 6) is -0.245. The topological polar surface area (TPSA) is 43.6 Å². The monoisotopic (exact) mass is 344 g/mol. The van der Waals surface area contributed by atoms with Crippen LogP contribution in [0.5, 0.6) is 0 Å². The van der Waals surface area contributed by atoms with Gasteiger partial charge in [0.05, 0.1) is 23.6 Å². The molecular formula is C21H17FN4. The lowest BCUT2D eigenvalue weighted by atomic mass is 10.2. The number of pyridine rings is 2. The number of rotatable bonds is 4. The van der Waals surface area contributed by atoms with Crippen molar-refractivity contribution in [2.24, 2.45) is 0 Å². The van der Waals surface area contributed by atoms with Gasteiger partial charge >= 0.3 is 0 Å². The lowest BCUT2D eigenvalue weighted by Crippen LogP contribution is -2.06. The average Bonchev–Trinajstić information content (AvgIpc) is 3.08. The van der Waals surface area contributed by atoms with E-state index in [0.717, 1.165) is 28.5 Å². The third-order valence-corrected chi connectivity index (χ3v) is 4.14. The third kappa shape index (κ3) is 3.24. The van der Waals surface area contributed by atoms with Crippen molar-refractivity contribution in [3.05, 3.63) is 90.0 Å². The number of halogens is 1. The Labute approximate surface area is 151 Å². The van der Waals surface area contributed by atoms with Gasteiger partial charge in [-0.1, -0.05) is 30.3 Å². The highest BCUT2D eigenvalue weighted by molar-refractivity contribution is 5.64. The summed E-state index contributed by atoms with van der Waals surface area (Å²) < 4.78 is 15.9. The molecule has 0 amide bonds. The molecule has 0 fully saturated rings. The Morgan fingerprint density at radius 1 is 0.885 bits per heavy atom. The minimum atomic E-state index is -0.245. The van der Waals surface area contributed by atoms with Crippen LogP contribution in [0, 0.1) is 12.7 Å². The van der Waals surface area contributed by atoms with Crippen molar-refractivity contribution in [2.75, 3.05) is 0 Å². The van der Waals surface area contributed by atoms with Crippen LogP contribution in [0.1, 0.15) is 11.3 Å². The van der Waals surface area contributed by atoms with E-state index in [0.29, 0.717) is 12.1 Å². The molecule has 5 heteroatoms. The third-order valence-electron chi connectivity index (χ3n) is 4.14. The van der Waals surface area contributed by atoms with Gasteiger partial charge in [-0.2, -0.15) is 5.10 Å². The Balaban J connectivity index is 1.83. The zero-order valence-electron chi connectivity index (χ0n) is 14.3. The molecule has 0 atom stereocenters. The molecule has 0 aliphatic rings. The van der Waals surface area contributed by atoms with Crippen molar-refractivity contribution >= 4 is 0 Å². The number of aromatic nitrogens is 4. The van der Waals surface area contributed by atoms with E-state index in [2.05, 4.69) is 15.1 Å². The fourth-order valence-electron chi connectivity index (χ4n) is 2.86. The lowest BCUT2D eigenvalue weighted by molar-refractivity contribution is 0.587. The first kappa shape index (κ1) is 16.1. The van der Waals surface area contributed by atoms with Crippen LogP contribution in [-0.2, 0) is 6.54 Å². The van der Waals surface area contributed by atoms with E-state index in [9.17, 15) is 4.39 Å². The smallest absolute Gasteiger partial charge is 0.128 e. The Morgan fingerprint density at radius 3 is 2.46 bits per heavy atom. The van der Waals surface area contributed by atoms with Crippen LogP contribution < -0.4 is 0 Å². The Kier molecular flexibility index (Phi) is 4.27. The van der Waals surface area contributed by atoms with Crippen LogP contribution in [0.3, 0.4) is 0 Å². The molecule has 0 N–H and O–H groups in total. The first-order valence-corrected chi connectivity index (χ1v) is 8.37. The van der Waals surface area contributed by atoms with Crippen molar-refractivity contribution in [3.63, 3.8) is 0 Å². The lowest BCUT2D eigenvalue weighted by Gasteiger charge is -2.08. The molecule has 0 saturated carbocycles. The van der Waals surface area contributed by atoms with Crippen molar-refractivity contribution in [1.29, 1.82) is 0 Å². The molecule has 4 nitrogen and oxygen atoms in total. The van der Waals surface area contributed by atoms with E-state index in [1.54, 1.807) is 23.0 Å². The minimum Gasteiger partial charge on any atom is -0.258 e. The molecule has 3 heterocycles. The van der Waals surface area contributed by atoms with Crippen LogP contribution in [0.15, 0.2) is 72.9 Å². The van der Waals surface area contributed by atoms with Gasteiger partial charge in [0.15, 0.2) is 0 Å². The maximum Gasteiger partial charge on any atom is 0.128 e. The molecule has 3 aromatic heterocycles. The fourth-order valence-corrected chi connectivity index (χ4v) is 2.86. The molecule has 4 aromatic rings. The van der Waals surface area contributed by atoms with Gasteiger partial charge in [0.1, 0.15) is 11.5 Å². The summed E-state index contributed by atoms with van der Waals surface area (Å²) in [7, 11) is 0. The van der Waals surface area contributed by atoms with Gasteiger partial charge in [0.2, 0.25) is 0 Å². The highest BCUT2D eigenvalue weighted by Crippen LogP contribution is 2.25. The van der Waals surface area contributed by atoms with E-state index < -0.39 is 0 Å². The van der Waals surface area contributed by atoms with Gasteiger partial charge in [0, 0.05) is 17.5 Å². The van der Waals surface area contributed by atoms with Crippen molar-refractivity contribution in [1.82, 2.24) is 19.7 Å². The molecule has 0 radical (unpaired) electrons. The van der Waals surface area contributed by atoms with Crippen molar-refractivity contribution < 1.29 is 4.39 Å². The molecular weight excluding hydrogens is 327 g/mol. The molecule has 0 aliphatic heterocycles. The van der Waals surface area contributed by atoms with Gasteiger partial charge < -0.3 is 0 Å². The highest BCUT2D eigenvalue weighted by atomic mass is 19.1. The number of hydrogen-bond donors (Lipinski definition) is 0. The van der Waals surface area contributed by atoms with Crippen molar-refractivity contribution in [3.8, 4) is 22.8 Å². The predicted octanol–water partition coefficient (Wildman–Crippen LogP) is 4.50. The summed E-state index contributed by atoms with van der Waals surface area (Å²) in [6, 6.07) is 20.2. The van der Waals surface area contributed by atoms with Gasteiger partial charge in [-0.15, -0.1) is 0 Å². The fraction of sp³-hybridized carbons (Fsp3) is 0.0952. The number of benzene rings is 1. The maximum absolute atomic E-state index is 14.1. The Bertz CT molecular complexity index is 1040. The predicted molar refractivity (Wildman–Crippen MR) is 98.9 cm³/mol. The SMILES string of the molecule is Cc1cccc(-c2cc(-c3ccccn3)nn2Cc2ccccc2F)n1. The van der Waals surface area contributed by atoms with Crippen LogP contribution >= 0.6 is 0 Å². The molecule has 0 bridgehead atoms. The van der Waals surface area contributed by atoms with Crippen molar-refractivity contribution in [2.45, 2.75) is 13.5 Å². The maximum atomic E-state index is 14.1. The van der Waals surface area contributed by atoms with E-state index in [1.165, 1.54) is 6.07 Å². The van der Waals surface area contributed by atoms with Gasteiger partial charge in [-0.25, -0.2) is 4.39 Å². The molecule has 0 aliphatic carbocycles. The molecule has 0 unspecified atom stereocenters. The minimum absolute atomic E-state index is 0.245. The second-order valence-corrected chi connectivity index (χ2v) is 6.04. The summed E-state index contributed by atoms with van der Waals surface area (Å²) in [6.07, 6.45) is 1.73. The largest absolute Gasteiger partial charge is 0.258 e. The first-order chi connectivity index (χ1) is 12.7. The second kappa shape index (κ2) is 6.88. The van der Waals surface area contributed by atoms with E-state index in [-0.39, 0.29) is 5.82 Å². The summed E-state index contributed by atoms with van der Waals surface area (Å²) in [4.78, 5) is 8.97. The highest BCUT2D eigenvalue weighted by Gasteiger charge is 2.15. The zero-order valence-corrected chi connectivity index (χ0v) is 14.3. The zero-order chi connectivity index (χ0) is 17.9. The summed E-state index contributed by atoms with van der Waals surface area (Å²) in [6.45, 7) is 2.27. The summed E-state index contributed by atoms with van der Waals surface area (Å²) >= 11 is 0. The Hall–Kier alpha value is -3.34. The average molecular weight is 344 g/mol. The number of nitrogens with zero attached hydrogens (tertiary/aromatic N) is 4. The standard InChI is InChI=1S/C21H17FN4/c1-15-7-6-11-19(24-15)21-13-20(18-10-4-5-12-23-18)25-26(21)14-16-8-2-3-9-17(16)22/h2-13H,14H2,1H3. The normalized spacial score (nSPS) is 10.8. The van der Waals surface area contributed by atoms with Crippen LogP contribution in [0.4, 0.5) is 4.39 Å². The van der Waals surface area contributed by atoms with Gasteiger partial charge in [-0.05, 0) is 43.3 Å². The number of aryl methyl sites for hydroxylation is 1. The molecule has 0 saturated heterocycles. The molecule has 4 rings (SSSR count). The van der Waals surface area contributed by atoms with E-state index >= 15 is 0 Å². The van der Waals surface area contributed by atoms with E-state index in [1.807, 2.05) is 55.5 Å². The summed E-state index contributed by atoms with van der Waals surface area (Å²) in [5, 5.41) is 4.67. The first-order valence-electron chi connectivity index (χ1n) is 8.37. The Morgan fingerprint density at radius 2 is 1.69 bits per heavy atom. The van der Waals surface area contributed by atoms with Gasteiger partial charge in [0.25, 0.3) is 0 Å². The molecule has 1 aromatic carbocycles. The molecule has 128 valence electrons. The van der Waals surface area contributed by atoms with Crippen LogP contribution in [0.25, 0.3) is 22.8 Å². The van der Waals surface area contributed by atoms with E-state index in [4.69, 9.17) is 0 Å².